The molecule has 3 heterocycles. The molecule has 0 radical (unpaired) electrons. The normalized spacial score (nSPS) is 11.2. The SMILES string of the molecule is c1cnc2nc(-c3cccc4nonc34)cnc2c1. The molecule has 0 saturated heterocycles. The highest BCUT2D eigenvalue weighted by Crippen LogP contribution is 2.25. The van der Waals surface area contributed by atoms with Crippen molar-refractivity contribution in [3.63, 3.8) is 0 Å². The third-order valence-electron chi connectivity index (χ3n) is 2.88. The number of hydrogen-bond acceptors (Lipinski definition) is 6. The van der Waals surface area contributed by atoms with Crippen LogP contribution in [0.3, 0.4) is 0 Å². The molecule has 0 N–H and O–H groups in total. The summed E-state index contributed by atoms with van der Waals surface area (Å²) in [7, 11) is 0. The highest BCUT2D eigenvalue weighted by Gasteiger charge is 2.10. The summed E-state index contributed by atoms with van der Waals surface area (Å²) < 4.78 is 4.75. The summed E-state index contributed by atoms with van der Waals surface area (Å²) in [5.74, 6) is 0. The van der Waals surface area contributed by atoms with Crippen molar-refractivity contribution in [3.05, 3.63) is 42.7 Å². The largest absolute Gasteiger partial charge is 0.251 e. The first-order valence-electron chi connectivity index (χ1n) is 5.71. The van der Waals surface area contributed by atoms with Gasteiger partial charge in [0.05, 0.1) is 11.9 Å². The van der Waals surface area contributed by atoms with E-state index in [1.807, 2.05) is 30.3 Å². The molecule has 0 saturated carbocycles. The van der Waals surface area contributed by atoms with Crippen LogP contribution in [-0.4, -0.2) is 25.3 Å². The smallest absolute Gasteiger partial charge is 0.178 e. The van der Waals surface area contributed by atoms with Gasteiger partial charge in [-0.25, -0.2) is 14.6 Å². The first-order chi connectivity index (χ1) is 9.42. The fourth-order valence-electron chi connectivity index (χ4n) is 1.99. The van der Waals surface area contributed by atoms with E-state index in [-0.39, 0.29) is 0 Å². The molecule has 0 amide bonds. The lowest BCUT2D eigenvalue weighted by Gasteiger charge is -2.01. The minimum Gasteiger partial charge on any atom is -0.251 e. The molecule has 90 valence electrons. The number of nitrogens with zero attached hydrogens (tertiary/aromatic N) is 5. The lowest BCUT2D eigenvalue weighted by atomic mass is 10.1. The van der Waals surface area contributed by atoms with E-state index in [1.165, 1.54) is 0 Å². The molecule has 0 aliphatic heterocycles. The Hall–Kier alpha value is -2.89. The Balaban J connectivity index is 2.01. The molecule has 4 aromatic rings. The highest BCUT2D eigenvalue weighted by molar-refractivity contribution is 5.90. The summed E-state index contributed by atoms with van der Waals surface area (Å²) >= 11 is 0. The van der Waals surface area contributed by atoms with Gasteiger partial charge in [0.15, 0.2) is 5.65 Å². The van der Waals surface area contributed by atoms with Crippen LogP contribution in [0.4, 0.5) is 0 Å². The molecule has 1 aromatic carbocycles. The number of fused-ring (bicyclic) bond motifs is 2. The van der Waals surface area contributed by atoms with Crippen molar-refractivity contribution in [2.24, 2.45) is 0 Å². The minimum atomic E-state index is 0.605. The van der Waals surface area contributed by atoms with Crippen LogP contribution < -0.4 is 0 Å². The molecule has 0 unspecified atom stereocenters. The van der Waals surface area contributed by atoms with E-state index >= 15 is 0 Å². The molecule has 6 nitrogen and oxygen atoms in total. The summed E-state index contributed by atoms with van der Waals surface area (Å²) in [5, 5.41) is 7.72. The molecular formula is C13H7N5O. The van der Waals surface area contributed by atoms with Crippen LogP contribution in [0.15, 0.2) is 47.4 Å². The van der Waals surface area contributed by atoms with Gasteiger partial charge in [0.25, 0.3) is 0 Å². The zero-order chi connectivity index (χ0) is 12.7. The van der Waals surface area contributed by atoms with Crippen molar-refractivity contribution in [1.29, 1.82) is 0 Å². The number of pyridine rings is 1. The summed E-state index contributed by atoms with van der Waals surface area (Å²) in [4.78, 5) is 13.0. The van der Waals surface area contributed by atoms with Gasteiger partial charge in [0.2, 0.25) is 0 Å². The van der Waals surface area contributed by atoms with Gasteiger partial charge in [-0.15, -0.1) is 0 Å². The fraction of sp³-hybridized carbons (Fsp3) is 0. The molecule has 0 fully saturated rings. The average molecular weight is 249 g/mol. The van der Waals surface area contributed by atoms with Crippen LogP contribution in [-0.2, 0) is 0 Å². The highest BCUT2D eigenvalue weighted by atomic mass is 16.6. The van der Waals surface area contributed by atoms with E-state index in [4.69, 9.17) is 4.63 Å². The van der Waals surface area contributed by atoms with Crippen molar-refractivity contribution in [2.45, 2.75) is 0 Å². The monoisotopic (exact) mass is 249 g/mol. The fourth-order valence-corrected chi connectivity index (χ4v) is 1.99. The minimum absolute atomic E-state index is 0.605. The van der Waals surface area contributed by atoms with E-state index in [2.05, 4.69) is 25.3 Å². The second-order valence-corrected chi connectivity index (χ2v) is 4.04. The maximum atomic E-state index is 4.75. The molecule has 0 aliphatic rings. The number of aromatic nitrogens is 5. The molecule has 0 spiro atoms. The lowest BCUT2D eigenvalue weighted by molar-refractivity contribution is 0.315. The summed E-state index contributed by atoms with van der Waals surface area (Å²) in [6.45, 7) is 0. The Labute approximate surface area is 107 Å². The van der Waals surface area contributed by atoms with Crippen molar-refractivity contribution in [2.75, 3.05) is 0 Å². The van der Waals surface area contributed by atoms with Crippen molar-refractivity contribution in [3.8, 4) is 11.3 Å². The van der Waals surface area contributed by atoms with Gasteiger partial charge < -0.3 is 0 Å². The van der Waals surface area contributed by atoms with E-state index in [9.17, 15) is 0 Å². The average Bonchev–Trinajstić information content (AvgIpc) is 2.95. The van der Waals surface area contributed by atoms with E-state index < -0.39 is 0 Å². The Bertz CT molecular complexity index is 886. The van der Waals surface area contributed by atoms with Gasteiger partial charge >= 0.3 is 0 Å². The summed E-state index contributed by atoms with van der Waals surface area (Å²) in [5.41, 5.74) is 4.27. The molecule has 3 aromatic heterocycles. The molecule has 0 bridgehead atoms. The van der Waals surface area contributed by atoms with Gasteiger partial charge in [-0.2, -0.15) is 0 Å². The molecular weight excluding hydrogens is 242 g/mol. The van der Waals surface area contributed by atoms with Crippen molar-refractivity contribution < 1.29 is 4.63 Å². The standard InChI is InChI=1S/C13H7N5O/c1-3-8(12-9(4-1)17-19-18-12)11-7-15-10-5-2-6-14-13(10)16-11/h1-7H. The maximum Gasteiger partial charge on any atom is 0.178 e. The first-order valence-corrected chi connectivity index (χ1v) is 5.71. The second-order valence-electron chi connectivity index (χ2n) is 4.04. The van der Waals surface area contributed by atoms with E-state index in [0.29, 0.717) is 22.4 Å². The van der Waals surface area contributed by atoms with Crippen LogP contribution in [0, 0.1) is 0 Å². The first kappa shape index (κ1) is 10.1. The summed E-state index contributed by atoms with van der Waals surface area (Å²) in [6.07, 6.45) is 3.40. The van der Waals surface area contributed by atoms with Crippen LogP contribution in [0.2, 0.25) is 0 Å². The molecule has 0 atom stereocenters. The third-order valence-corrected chi connectivity index (χ3v) is 2.88. The van der Waals surface area contributed by atoms with Gasteiger partial charge in [-0.05, 0) is 28.5 Å². The summed E-state index contributed by atoms with van der Waals surface area (Å²) in [6, 6.07) is 9.33. The maximum absolute atomic E-state index is 4.75. The second kappa shape index (κ2) is 3.81. The van der Waals surface area contributed by atoms with Crippen molar-refractivity contribution in [1.82, 2.24) is 25.3 Å². The number of hydrogen-bond donors (Lipinski definition) is 0. The zero-order valence-electron chi connectivity index (χ0n) is 9.69. The predicted octanol–water partition coefficient (Wildman–Crippen LogP) is 2.23. The van der Waals surface area contributed by atoms with Gasteiger partial charge in [0, 0.05) is 11.8 Å². The topological polar surface area (TPSA) is 77.6 Å². The van der Waals surface area contributed by atoms with Crippen LogP contribution >= 0.6 is 0 Å². The van der Waals surface area contributed by atoms with Crippen LogP contribution in [0.25, 0.3) is 33.5 Å². The molecule has 19 heavy (non-hydrogen) atoms. The van der Waals surface area contributed by atoms with E-state index in [0.717, 1.165) is 11.1 Å². The third kappa shape index (κ3) is 1.54. The van der Waals surface area contributed by atoms with E-state index in [1.54, 1.807) is 12.4 Å². The molecule has 6 heteroatoms. The van der Waals surface area contributed by atoms with Gasteiger partial charge in [-0.1, -0.05) is 12.1 Å². The van der Waals surface area contributed by atoms with Crippen LogP contribution in [0.5, 0.6) is 0 Å². The molecule has 4 rings (SSSR count). The Kier molecular flexibility index (Phi) is 2.02. The quantitative estimate of drug-likeness (QED) is 0.514. The predicted molar refractivity (Wildman–Crippen MR) is 68.1 cm³/mol. The van der Waals surface area contributed by atoms with Gasteiger partial charge in [0.1, 0.15) is 16.6 Å². The van der Waals surface area contributed by atoms with Crippen molar-refractivity contribution >= 4 is 22.2 Å². The zero-order valence-corrected chi connectivity index (χ0v) is 9.69. The Morgan fingerprint density at radius 2 is 1.84 bits per heavy atom. The van der Waals surface area contributed by atoms with Gasteiger partial charge in [-0.3, -0.25) is 4.98 Å². The number of rotatable bonds is 1. The Morgan fingerprint density at radius 3 is 2.84 bits per heavy atom. The number of benzene rings is 1. The molecule has 0 aliphatic carbocycles. The van der Waals surface area contributed by atoms with Crippen LogP contribution in [0.1, 0.15) is 0 Å². The Morgan fingerprint density at radius 1 is 0.895 bits per heavy atom. The lowest BCUT2D eigenvalue weighted by Crippen LogP contribution is -1.91.